The molecule has 0 saturated carbocycles. The Hall–Kier alpha value is -0.0800. The zero-order valence-corrected chi connectivity index (χ0v) is 6.80. The van der Waals surface area contributed by atoms with Gasteiger partial charge in [-0.25, -0.2) is 0 Å². The standard InChI is InChI=1S/C8H16O2/c1-3-9-7(2)8-5-4-6-10-8/h7-8H,3-6H2,1-2H3. The Kier molecular flexibility index (Phi) is 3.16. The Bertz CT molecular complexity index is 87.3. The second-order valence-electron chi connectivity index (χ2n) is 2.71. The minimum Gasteiger partial charge on any atom is -0.376 e. The molecule has 0 aliphatic carbocycles. The maximum absolute atomic E-state index is 5.44. The van der Waals surface area contributed by atoms with Crippen LogP contribution in [0.25, 0.3) is 0 Å². The van der Waals surface area contributed by atoms with Gasteiger partial charge in [-0.3, -0.25) is 0 Å². The summed E-state index contributed by atoms with van der Waals surface area (Å²) in [5, 5.41) is 0. The predicted octanol–water partition coefficient (Wildman–Crippen LogP) is 1.59. The summed E-state index contributed by atoms with van der Waals surface area (Å²) in [6, 6.07) is 0. The van der Waals surface area contributed by atoms with Gasteiger partial charge in [-0.2, -0.15) is 0 Å². The highest BCUT2D eigenvalue weighted by Gasteiger charge is 2.21. The van der Waals surface area contributed by atoms with E-state index in [0.29, 0.717) is 6.10 Å². The van der Waals surface area contributed by atoms with Crippen LogP contribution in [0.3, 0.4) is 0 Å². The van der Waals surface area contributed by atoms with Crippen LogP contribution in [0.2, 0.25) is 0 Å². The van der Waals surface area contributed by atoms with E-state index >= 15 is 0 Å². The van der Waals surface area contributed by atoms with E-state index in [2.05, 4.69) is 6.92 Å². The van der Waals surface area contributed by atoms with Gasteiger partial charge in [0.15, 0.2) is 0 Å². The Balaban J connectivity index is 2.18. The van der Waals surface area contributed by atoms with Gasteiger partial charge < -0.3 is 9.47 Å². The molecule has 2 atom stereocenters. The second kappa shape index (κ2) is 3.94. The maximum Gasteiger partial charge on any atom is 0.0834 e. The summed E-state index contributed by atoms with van der Waals surface area (Å²) in [5.74, 6) is 0. The van der Waals surface area contributed by atoms with Gasteiger partial charge in [0.2, 0.25) is 0 Å². The van der Waals surface area contributed by atoms with Crippen LogP contribution >= 0.6 is 0 Å². The highest BCUT2D eigenvalue weighted by Crippen LogP contribution is 2.17. The van der Waals surface area contributed by atoms with Crippen LogP contribution in [0.5, 0.6) is 0 Å². The fourth-order valence-corrected chi connectivity index (χ4v) is 1.34. The SMILES string of the molecule is CCOC(C)C1CCCO1. The van der Waals surface area contributed by atoms with Crippen LogP contribution in [0, 0.1) is 0 Å². The summed E-state index contributed by atoms with van der Waals surface area (Å²) in [4.78, 5) is 0. The molecule has 1 heterocycles. The summed E-state index contributed by atoms with van der Waals surface area (Å²) in [6.07, 6.45) is 3.01. The van der Waals surface area contributed by atoms with E-state index < -0.39 is 0 Å². The first-order valence-electron chi connectivity index (χ1n) is 4.07. The molecule has 2 unspecified atom stereocenters. The minimum absolute atomic E-state index is 0.285. The Morgan fingerprint density at radius 2 is 2.50 bits per heavy atom. The lowest BCUT2D eigenvalue weighted by Gasteiger charge is -2.17. The molecule has 1 fully saturated rings. The molecule has 2 nitrogen and oxygen atoms in total. The minimum atomic E-state index is 0.285. The predicted molar refractivity (Wildman–Crippen MR) is 40.1 cm³/mol. The maximum atomic E-state index is 5.44. The van der Waals surface area contributed by atoms with E-state index in [1.165, 1.54) is 12.8 Å². The van der Waals surface area contributed by atoms with Crippen LogP contribution in [0.4, 0.5) is 0 Å². The van der Waals surface area contributed by atoms with E-state index in [9.17, 15) is 0 Å². The zero-order valence-electron chi connectivity index (χ0n) is 6.80. The Morgan fingerprint density at radius 3 is 3.00 bits per heavy atom. The first-order valence-corrected chi connectivity index (χ1v) is 4.07. The summed E-state index contributed by atoms with van der Waals surface area (Å²) in [6.45, 7) is 5.81. The van der Waals surface area contributed by atoms with Gasteiger partial charge >= 0.3 is 0 Å². The number of hydrogen-bond acceptors (Lipinski definition) is 2. The first kappa shape index (κ1) is 8.02. The molecule has 1 saturated heterocycles. The van der Waals surface area contributed by atoms with Crippen LogP contribution in [-0.2, 0) is 9.47 Å². The second-order valence-corrected chi connectivity index (χ2v) is 2.71. The average molecular weight is 144 g/mol. The quantitative estimate of drug-likeness (QED) is 0.599. The molecule has 0 amide bonds. The van der Waals surface area contributed by atoms with Crippen molar-refractivity contribution in [3.8, 4) is 0 Å². The highest BCUT2D eigenvalue weighted by atomic mass is 16.5. The molecule has 1 aliphatic rings. The topological polar surface area (TPSA) is 18.5 Å². The number of rotatable bonds is 3. The average Bonchev–Trinajstić information content (AvgIpc) is 2.38. The van der Waals surface area contributed by atoms with Crippen molar-refractivity contribution < 1.29 is 9.47 Å². The third-order valence-corrected chi connectivity index (χ3v) is 1.92. The fraction of sp³-hybridized carbons (Fsp3) is 1.00. The molecule has 0 spiro atoms. The lowest BCUT2D eigenvalue weighted by Crippen LogP contribution is -2.24. The van der Waals surface area contributed by atoms with Crippen molar-refractivity contribution in [1.29, 1.82) is 0 Å². The molecule has 0 N–H and O–H groups in total. The van der Waals surface area contributed by atoms with Gasteiger partial charge in [0.05, 0.1) is 12.2 Å². The summed E-state index contributed by atoms with van der Waals surface area (Å²) in [5.41, 5.74) is 0. The molecule has 2 heteroatoms. The Labute approximate surface area is 62.5 Å². The molecule has 0 aromatic rings. The van der Waals surface area contributed by atoms with Crippen molar-refractivity contribution >= 4 is 0 Å². The van der Waals surface area contributed by atoms with E-state index in [0.717, 1.165) is 13.2 Å². The van der Waals surface area contributed by atoms with Gasteiger partial charge in [0, 0.05) is 13.2 Å². The van der Waals surface area contributed by atoms with Gasteiger partial charge in [-0.1, -0.05) is 0 Å². The molecule has 60 valence electrons. The van der Waals surface area contributed by atoms with Crippen molar-refractivity contribution in [2.24, 2.45) is 0 Å². The normalized spacial score (nSPS) is 28.8. The lowest BCUT2D eigenvalue weighted by atomic mass is 10.1. The molecule has 1 rings (SSSR count). The highest BCUT2D eigenvalue weighted by molar-refractivity contribution is 4.70. The van der Waals surface area contributed by atoms with Crippen molar-refractivity contribution in [3.63, 3.8) is 0 Å². The van der Waals surface area contributed by atoms with Crippen molar-refractivity contribution in [1.82, 2.24) is 0 Å². The van der Waals surface area contributed by atoms with Crippen LogP contribution < -0.4 is 0 Å². The fourth-order valence-electron chi connectivity index (χ4n) is 1.34. The van der Waals surface area contributed by atoms with Crippen LogP contribution in [-0.4, -0.2) is 25.4 Å². The summed E-state index contributed by atoms with van der Waals surface area (Å²) < 4.78 is 10.8. The van der Waals surface area contributed by atoms with Crippen molar-refractivity contribution in [2.75, 3.05) is 13.2 Å². The van der Waals surface area contributed by atoms with E-state index in [4.69, 9.17) is 9.47 Å². The molecule has 0 radical (unpaired) electrons. The van der Waals surface area contributed by atoms with Crippen LogP contribution in [0.1, 0.15) is 26.7 Å². The number of ether oxygens (including phenoxy) is 2. The first-order chi connectivity index (χ1) is 4.84. The third-order valence-electron chi connectivity index (χ3n) is 1.92. The van der Waals surface area contributed by atoms with Gasteiger partial charge in [0.1, 0.15) is 0 Å². The molecular formula is C8H16O2. The molecule has 0 aromatic heterocycles. The van der Waals surface area contributed by atoms with E-state index in [1.54, 1.807) is 0 Å². The largest absolute Gasteiger partial charge is 0.376 e. The van der Waals surface area contributed by atoms with Crippen LogP contribution in [0.15, 0.2) is 0 Å². The summed E-state index contributed by atoms with van der Waals surface area (Å²) in [7, 11) is 0. The third kappa shape index (κ3) is 1.96. The van der Waals surface area contributed by atoms with E-state index in [1.807, 2.05) is 6.92 Å². The summed E-state index contributed by atoms with van der Waals surface area (Å²) >= 11 is 0. The molecular weight excluding hydrogens is 128 g/mol. The molecule has 10 heavy (non-hydrogen) atoms. The molecule has 0 bridgehead atoms. The monoisotopic (exact) mass is 144 g/mol. The van der Waals surface area contributed by atoms with Crippen molar-refractivity contribution in [2.45, 2.75) is 38.9 Å². The van der Waals surface area contributed by atoms with Gasteiger partial charge in [0.25, 0.3) is 0 Å². The lowest BCUT2D eigenvalue weighted by molar-refractivity contribution is -0.0342. The zero-order chi connectivity index (χ0) is 7.40. The molecule has 1 aliphatic heterocycles. The van der Waals surface area contributed by atoms with Gasteiger partial charge in [-0.15, -0.1) is 0 Å². The van der Waals surface area contributed by atoms with Gasteiger partial charge in [-0.05, 0) is 26.7 Å². The number of hydrogen-bond donors (Lipinski definition) is 0. The Morgan fingerprint density at radius 1 is 1.70 bits per heavy atom. The molecule has 0 aromatic carbocycles. The smallest absolute Gasteiger partial charge is 0.0834 e. The van der Waals surface area contributed by atoms with E-state index in [-0.39, 0.29) is 6.10 Å². The van der Waals surface area contributed by atoms with Crippen molar-refractivity contribution in [3.05, 3.63) is 0 Å².